The van der Waals surface area contributed by atoms with Gasteiger partial charge in [0.15, 0.2) is 0 Å². The normalized spacial score (nSPS) is 13.5. The van der Waals surface area contributed by atoms with E-state index in [2.05, 4.69) is 10.3 Å². The van der Waals surface area contributed by atoms with Gasteiger partial charge in [-0.05, 0) is 23.8 Å². The van der Waals surface area contributed by atoms with Gasteiger partial charge >= 0.3 is 0 Å². The Morgan fingerprint density at radius 3 is 2.71 bits per heavy atom. The molecule has 24 heavy (non-hydrogen) atoms. The number of hydrogen-bond donors (Lipinski definition) is 1. The number of alkyl halides is 1. The summed E-state index contributed by atoms with van der Waals surface area (Å²) >= 11 is 0. The summed E-state index contributed by atoms with van der Waals surface area (Å²) in [5.74, 6) is 0.460. The second-order valence-electron chi connectivity index (χ2n) is 5.84. The van der Waals surface area contributed by atoms with Crippen molar-refractivity contribution in [2.24, 2.45) is 0 Å². The monoisotopic (exact) mass is 324 g/mol. The summed E-state index contributed by atoms with van der Waals surface area (Å²) in [7, 11) is 1.61. The van der Waals surface area contributed by atoms with Crippen molar-refractivity contribution in [3.8, 4) is 5.75 Å². The third-order valence-corrected chi connectivity index (χ3v) is 4.26. The van der Waals surface area contributed by atoms with Crippen LogP contribution in [0.1, 0.15) is 18.4 Å². The van der Waals surface area contributed by atoms with Crippen LogP contribution >= 0.6 is 0 Å². The van der Waals surface area contributed by atoms with Gasteiger partial charge in [0.2, 0.25) is 0 Å². The zero-order valence-electron chi connectivity index (χ0n) is 13.9. The van der Waals surface area contributed by atoms with E-state index in [1.807, 2.05) is 61.5 Å². The minimum Gasteiger partial charge on any atom is -0.496 e. The van der Waals surface area contributed by atoms with Crippen LogP contribution in [0, 0.1) is 0 Å². The van der Waals surface area contributed by atoms with E-state index in [1.165, 1.54) is 0 Å². The highest BCUT2D eigenvalue weighted by Crippen LogP contribution is 2.30. The molecule has 0 aliphatic carbocycles. The summed E-state index contributed by atoms with van der Waals surface area (Å²) in [6, 6.07) is 17.4. The number of fused-ring (bicyclic) bond motifs is 1. The number of pyridine rings is 1. The summed E-state index contributed by atoms with van der Waals surface area (Å²) in [6.45, 7) is 2.10. The van der Waals surface area contributed by atoms with E-state index in [-0.39, 0.29) is 12.5 Å². The lowest BCUT2D eigenvalue weighted by molar-refractivity contribution is 0.299. The summed E-state index contributed by atoms with van der Waals surface area (Å²) in [5, 5.41) is 4.18. The van der Waals surface area contributed by atoms with Crippen LogP contribution in [0.15, 0.2) is 60.8 Å². The molecule has 3 nitrogen and oxygen atoms in total. The predicted molar refractivity (Wildman–Crippen MR) is 96.5 cm³/mol. The van der Waals surface area contributed by atoms with Crippen LogP contribution in [-0.4, -0.2) is 24.8 Å². The fourth-order valence-corrected chi connectivity index (χ4v) is 2.80. The van der Waals surface area contributed by atoms with Crippen molar-refractivity contribution in [1.82, 2.24) is 4.98 Å². The van der Waals surface area contributed by atoms with Gasteiger partial charge in [-0.25, -0.2) is 4.39 Å². The van der Waals surface area contributed by atoms with Crippen LogP contribution in [0.2, 0.25) is 0 Å². The van der Waals surface area contributed by atoms with Gasteiger partial charge in [-0.15, -0.1) is 0 Å². The van der Waals surface area contributed by atoms with Crippen LogP contribution in [0.25, 0.3) is 10.9 Å². The molecule has 2 unspecified atom stereocenters. The molecule has 124 valence electrons. The number of hydrogen-bond acceptors (Lipinski definition) is 3. The first-order valence-corrected chi connectivity index (χ1v) is 8.04. The Bertz CT molecular complexity index is 821. The van der Waals surface area contributed by atoms with Crippen LogP contribution in [0.5, 0.6) is 5.75 Å². The molecular weight excluding hydrogens is 303 g/mol. The Labute approximate surface area is 141 Å². The molecule has 4 heteroatoms. The number of benzene rings is 2. The Morgan fingerprint density at radius 1 is 1.12 bits per heavy atom. The highest BCUT2D eigenvalue weighted by atomic mass is 19.1. The molecule has 1 heterocycles. The van der Waals surface area contributed by atoms with Crippen molar-refractivity contribution in [3.05, 3.63) is 66.4 Å². The number of nitrogens with one attached hydrogen (secondary N) is 1. The third-order valence-electron chi connectivity index (χ3n) is 4.26. The molecule has 0 aliphatic heterocycles. The molecule has 0 radical (unpaired) electrons. The highest BCUT2D eigenvalue weighted by Gasteiger charge is 2.21. The summed E-state index contributed by atoms with van der Waals surface area (Å²) in [5.41, 5.74) is 2.64. The van der Waals surface area contributed by atoms with Gasteiger partial charge in [0.05, 0.1) is 24.5 Å². The van der Waals surface area contributed by atoms with Crippen molar-refractivity contribution < 1.29 is 9.13 Å². The van der Waals surface area contributed by atoms with Crippen molar-refractivity contribution in [1.29, 1.82) is 0 Å². The molecule has 1 aromatic heterocycles. The number of para-hydroxylation sites is 2. The molecular formula is C20H21FN2O. The molecule has 2 aromatic carbocycles. The minimum absolute atomic E-state index is 0.221. The van der Waals surface area contributed by atoms with Crippen LogP contribution in [0.3, 0.4) is 0 Å². The van der Waals surface area contributed by atoms with Crippen molar-refractivity contribution in [3.63, 3.8) is 0 Å². The lowest BCUT2D eigenvalue weighted by Crippen LogP contribution is -2.21. The Kier molecular flexibility index (Phi) is 4.94. The van der Waals surface area contributed by atoms with Crippen molar-refractivity contribution in [2.75, 3.05) is 19.0 Å². The highest BCUT2D eigenvalue weighted by molar-refractivity contribution is 5.81. The smallest absolute Gasteiger partial charge is 0.124 e. The second kappa shape index (κ2) is 7.30. The van der Waals surface area contributed by atoms with Gasteiger partial charge in [-0.3, -0.25) is 4.98 Å². The van der Waals surface area contributed by atoms with Crippen LogP contribution in [-0.2, 0) is 0 Å². The van der Waals surface area contributed by atoms with E-state index in [9.17, 15) is 4.39 Å². The molecule has 2 atom stereocenters. The summed E-state index contributed by atoms with van der Waals surface area (Å²) in [6.07, 6.45) is 0.704. The van der Waals surface area contributed by atoms with E-state index in [0.29, 0.717) is 0 Å². The zero-order valence-corrected chi connectivity index (χ0v) is 13.9. The lowest BCUT2D eigenvalue weighted by atomic mass is 9.95. The minimum atomic E-state index is -1.03. The van der Waals surface area contributed by atoms with E-state index in [0.717, 1.165) is 27.9 Å². The molecule has 0 fully saturated rings. The van der Waals surface area contributed by atoms with Gasteiger partial charge in [0.1, 0.15) is 11.9 Å². The number of halogens is 1. The first kappa shape index (κ1) is 16.2. The van der Waals surface area contributed by atoms with Gasteiger partial charge < -0.3 is 10.1 Å². The zero-order chi connectivity index (χ0) is 16.9. The summed E-state index contributed by atoms with van der Waals surface area (Å²) in [4.78, 5) is 4.38. The topological polar surface area (TPSA) is 34.1 Å². The van der Waals surface area contributed by atoms with Crippen molar-refractivity contribution >= 4 is 16.6 Å². The van der Waals surface area contributed by atoms with Crippen LogP contribution in [0.4, 0.5) is 10.1 Å². The maximum Gasteiger partial charge on any atom is 0.124 e. The first-order valence-electron chi connectivity index (χ1n) is 8.04. The average Bonchev–Trinajstić information content (AvgIpc) is 2.65. The van der Waals surface area contributed by atoms with Gasteiger partial charge in [-0.1, -0.05) is 43.3 Å². The molecule has 0 bridgehead atoms. The van der Waals surface area contributed by atoms with Gasteiger partial charge in [-0.2, -0.15) is 0 Å². The summed E-state index contributed by atoms with van der Waals surface area (Å²) < 4.78 is 20.0. The quantitative estimate of drug-likeness (QED) is 0.707. The van der Waals surface area contributed by atoms with Gasteiger partial charge in [0, 0.05) is 17.8 Å². The Balaban J connectivity index is 1.68. The Morgan fingerprint density at radius 2 is 1.88 bits per heavy atom. The lowest BCUT2D eigenvalue weighted by Gasteiger charge is -2.20. The maximum atomic E-state index is 14.7. The first-order chi connectivity index (χ1) is 11.7. The molecule has 3 aromatic rings. The van der Waals surface area contributed by atoms with E-state index >= 15 is 0 Å². The number of aromatic nitrogens is 1. The largest absolute Gasteiger partial charge is 0.496 e. The molecule has 0 saturated carbocycles. The van der Waals surface area contributed by atoms with Crippen LogP contribution < -0.4 is 10.1 Å². The van der Waals surface area contributed by atoms with E-state index in [1.54, 1.807) is 13.3 Å². The molecule has 3 rings (SSSR count). The molecule has 0 spiro atoms. The van der Waals surface area contributed by atoms with Crippen molar-refractivity contribution in [2.45, 2.75) is 19.0 Å². The maximum absolute atomic E-state index is 14.7. The fourth-order valence-electron chi connectivity index (χ4n) is 2.80. The third kappa shape index (κ3) is 3.48. The number of anilines is 1. The molecule has 0 aliphatic rings. The van der Waals surface area contributed by atoms with E-state index < -0.39 is 6.17 Å². The standard InChI is InChI=1S/C20H21FN2O/c1-14(17-8-4-6-10-20(17)24-2)18(21)13-22-16-11-15-7-3-5-9-19(15)23-12-16/h3-12,14,18,22H,13H2,1-2H3. The average molecular weight is 324 g/mol. The number of rotatable bonds is 6. The Hall–Kier alpha value is -2.62. The molecule has 0 amide bonds. The number of nitrogens with zero attached hydrogens (tertiary/aromatic N) is 1. The number of ether oxygens (including phenoxy) is 1. The van der Waals surface area contributed by atoms with E-state index in [4.69, 9.17) is 4.74 Å². The van der Waals surface area contributed by atoms with Gasteiger partial charge in [0.25, 0.3) is 0 Å². The SMILES string of the molecule is COc1ccccc1C(C)C(F)CNc1cnc2ccccc2c1. The number of methoxy groups -OCH3 is 1. The molecule has 1 N–H and O–H groups in total. The molecule has 0 saturated heterocycles. The second-order valence-corrected chi connectivity index (χ2v) is 5.84. The fraction of sp³-hybridized carbons (Fsp3) is 0.250. The predicted octanol–water partition coefficient (Wildman–Crippen LogP) is 4.80.